The molecule has 1 amide bonds. The van der Waals surface area contributed by atoms with E-state index in [0.29, 0.717) is 18.1 Å². The first-order valence-electron chi connectivity index (χ1n) is 8.58. The lowest BCUT2D eigenvalue weighted by Gasteiger charge is -2.10. The molecule has 0 aliphatic rings. The summed E-state index contributed by atoms with van der Waals surface area (Å²) in [6.45, 7) is 6.33. The lowest BCUT2D eigenvalue weighted by atomic mass is 9.96. The summed E-state index contributed by atoms with van der Waals surface area (Å²) >= 11 is 0. The maximum atomic E-state index is 12.0. The first kappa shape index (κ1) is 17.2. The molecule has 3 aromatic rings. The van der Waals surface area contributed by atoms with Crippen LogP contribution in [-0.2, 0) is 23.2 Å². The summed E-state index contributed by atoms with van der Waals surface area (Å²) in [5, 5.41) is 8.01. The number of amides is 1. The van der Waals surface area contributed by atoms with Crippen LogP contribution in [-0.4, -0.2) is 21.0 Å². The van der Waals surface area contributed by atoms with Crippen LogP contribution in [0, 0.1) is 0 Å². The fourth-order valence-corrected chi connectivity index (χ4v) is 2.67. The van der Waals surface area contributed by atoms with Crippen LogP contribution in [0.1, 0.15) is 50.9 Å². The first-order valence-corrected chi connectivity index (χ1v) is 8.58. The highest BCUT2D eigenvalue weighted by atomic mass is 16.5. The summed E-state index contributed by atoms with van der Waals surface area (Å²) in [5.74, 6) is 1.08. The number of para-hydroxylation sites is 1. The van der Waals surface area contributed by atoms with E-state index in [2.05, 4.69) is 32.6 Å². The van der Waals surface area contributed by atoms with Crippen molar-refractivity contribution in [1.82, 2.24) is 20.4 Å². The van der Waals surface area contributed by atoms with Crippen LogP contribution >= 0.6 is 0 Å². The minimum atomic E-state index is -0.162. The molecule has 6 nitrogen and oxygen atoms in total. The van der Waals surface area contributed by atoms with E-state index in [4.69, 9.17) is 4.52 Å². The Morgan fingerprint density at radius 3 is 2.84 bits per heavy atom. The van der Waals surface area contributed by atoms with Crippen molar-refractivity contribution in [2.24, 2.45) is 0 Å². The summed E-state index contributed by atoms with van der Waals surface area (Å²) in [4.78, 5) is 19.6. The predicted molar refractivity (Wildman–Crippen MR) is 96.1 cm³/mol. The van der Waals surface area contributed by atoms with Gasteiger partial charge in [0.15, 0.2) is 5.82 Å². The van der Waals surface area contributed by atoms with Crippen molar-refractivity contribution < 1.29 is 9.32 Å². The zero-order chi connectivity index (χ0) is 17.9. The van der Waals surface area contributed by atoms with Crippen molar-refractivity contribution in [2.75, 3.05) is 0 Å². The van der Waals surface area contributed by atoms with Crippen LogP contribution in [0.2, 0.25) is 0 Å². The van der Waals surface area contributed by atoms with Crippen molar-refractivity contribution in [3.63, 3.8) is 0 Å². The maximum Gasteiger partial charge on any atom is 0.246 e. The number of hydrogen-bond acceptors (Lipinski definition) is 4. The molecule has 2 heterocycles. The molecule has 0 fully saturated rings. The maximum absolute atomic E-state index is 12.0. The molecular weight excluding hydrogens is 316 g/mol. The lowest BCUT2D eigenvalue weighted by Crippen LogP contribution is -2.23. The number of H-pyrrole nitrogens is 1. The van der Waals surface area contributed by atoms with E-state index in [1.165, 1.54) is 10.9 Å². The highest BCUT2D eigenvalue weighted by Gasteiger charge is 2.20. The van der Waals surface area contributed by atoms with Gasteiger partial charge in [0.2, 0.25) is 11.8 Å². The van der Waals surface area contributed by atoms with Gasteiger partial charge in [0, 0.05) is 28.9 Å². The second kappa shape index (κ2) is 7.09. The van der Waals surface area contributed by atoms with E-state index >= 15 is 0 Å². The quantitative estimate of drug-likeness (QED) is 0.719. The number of fused-ring (bicyclic) bond motifs is 1. The normalized spacial score (nSPS) is 11.8. The van der Waals surface area contributed by atoms with Crippen molar-refractivity contribution in [1.29, 1.82) is 0 Å². The Kier molecular flexibility index (Phi) is 4.88. The Morgan fingerprint density at radius 1 is 1.28 bits per heavy atom. The van der Waals surface area contributed by atoms with E-state index in [-0.39, 0.29) is 17.9 Å². The van der Waals surface area contributed by atoms with Gasteiger partial charge < -0.3 is 14.8 Å². The Bertz CT molecular complexity index is 858. The van der Waals surface area contributed by atoms with E-state index in [9.17, 15) is 4.79 Å². The molecule has 25 heavy (non-hydrogen) atoms. The molecule has 0 bridgehead atoms. The van der Waals surface area contributed by atoms with Crippen LogP contribution in [0.25, 0.3) is 10.9 Å². The number of carbonyl (C=O) groups is 1. The van der Waals surface area contributed by atoms with Crippen molar-refractivity contribution in [3.05, 3.63) is 47.7 Å². The van der Waals surface area contributed by atoms with Gasteiger partial charge in [-0.15, -0.1) is 0 Å². The minimum absolute atomic E-state index is 0.00431. The van der Waals surface area contributed by atoms with Gasteiger partial charge in [0.1, 0.15) is 0 Å². The van der Waals surface area contributed by atoms with E-state index in [1.54, 1.807) is 0 Å². The summed E-state index contributed by atoms with van der Waals surface area (Å²) in [5.41, 5.74) is 2.22. The van der Waals surface area contributed by atoms with E-state index in [1.807, 2.05) is 39.1 Å². The molecule has 2 N–H and O–H groups in total. The minimum Gasteiger partial charge on any atom is -0.361 e. The number of nitrogens with zero attached hydrogens (tertiary/aromatic N) is 2. The van der Waals surface area contributed by atoms with Gasteiger partial charge in [-0.25, -0.2) is 0 Å². The zero-order valence-electron chi connectivity index (χ0n) is 14.9. The number of carbonyl (C=O) groups excluding carboxylic acids is 1. The summed E-state index contributed by atoms with van der Waals surface area (Å²) in [7, 11) is 0. The summed E-state index contributed by atoms with van der Waals surface area (Å²) in [6.07, 6.45) is 4.16. The molecule has 0 aliphatic carbocycles. The van der Waals surface area contributed by atoms with Crippen molar-refractivity contribution >= 4 is 16.8 Å². The Hall–Kier alpha value is -2.63. The third-order valence-electron chi connectivity index (χ3n) is 4.10. The van der Waals surface area contributed by atoms with Gasteiger partial charge in [-0.3, -0.25) is 4.79 Å². The standard InChI is InChI=1S/C19H24N4O2/c1-19(2,3)18-22-17(25-23-18)12-21-16(24)10-6-7-13-11-20-15-9-5-4-8-14(13)15/h4-5,8-9,11,20H,6-7,10,12H2,1-3H3,(H,21,24). The molecule has 0 unspecified atom stereocenters. The van der Waals surface area contributed by atoms with Gasteiger partial charge in [-0.1, -0.05) is 44.1 Å². The number of aromatic nitrogens is 3. The average molecular weight is 340 g/mol. The Morgan fingerprint density at radius 2 is 2.08 bits per heavy atom. The third-order valence-corrected chi connectivity index (χ3v) is 4.10. The topological polar surface area (TPSA) is 83.8 Å². The molecule has 2 aromatic heterocycles. The zero-order valence-corrected chi connectivity index (χ0v) is 14.9. The number of aryl methyl sites for hydroxylation is 1. The molecule has 0 atom stereocenters. The monoisotopic (exact) mass is 340 g/mol. The van der Waals surface area contributed by atoms with Gasteiger partial charge >= 0.3 is 0 Å². The van der Waals surface area contributed by atoms with Gasteiger partial charge in [0.25, 0.3) is 0 Å². The fourth-order valence-electron chi connectivity index (χ4n) is 2.67. The van der Waals surface area contributed by atoms with Crippen LogP contribution in [0.4, 0.5) is 0 Å². The fraction of sp³-hybridized carbons (Fsp3) is 0.421. The third kappa shape index (κ3) is 4.26. The first-order chi connectivity index (χ1) is 11.9. The molecule has 0 radical (unpaired) electrons. The SMILES string of the molecule is CC(C)(C)c1noc(CNC(=O)CCCc2c[nH]c3ccccc23)n1. The summed E-state index contributed by atoms with van der Waals surface area (Å²) < 4.78 is 5.17. The molecule has 1 aromatic carbocycles. The van der Waals surface area contributed by atoms with Crippen molar-refractivity contribution in [3.8, 4) is 0 Å². The number of rotatable bonds is 6. The second-order valence-corrected chi connectivity index (χ2v) is 7.25. The summed E-state index contributed by atoms with van der Waals surface area (Å²) in [6, 6.07) is 8.20. The van der Waals surface area contributed by atoms with E-state index < -0.39 is 0 Å². The number of hydrogen-bond donors (Lipinski definition) is 2. The molecule has 0 aliphatic heterocycles. The highest BCUT2D eigenvalue weighted by molar-refractivity contribution is 5.83. The van der Waals surface area contributed by atoms with Crippen LogP contribution < -0.4 is 5.32 Å². The number of benzene rings is 1. The second-order valence-electron chi connectivity index (χ2n) is 7.25. The van der Waals surface area contributed by atoms with Gasteiger partial charge in [0.05, 0.1) is 6.54 Å². The molecule has 132 valence electrons. The molecule has 0 spiro atoms. The molecule has 3 rings (SSSR count). The number of aromatic amines is 1. The average Bonchev–Trinajstić information content (AvgIpc) is 3.20. The Balaban J connectivity index is 1.45. The largest absolute Gasteiger partial charge is 0.361 e. The molecular formula is C19H24N4O2. The molecule has 0 saturated heterocycles. The Labute approximate surface area is 147 Å². The van der Waals surface area contributed by atoms with Gasteiger partial charge in [-0.2, -0.15) is 4.98 Å². The smallest absolute Gasteiger partial charge is 0.246 e. The highest BCUT2D eigenvalue weighted by Crippen LogP contribution is 2.20. The van der Waals surface area contributed by atoms with Crippen LogP contribution in [0.15, 0.2) is 35.0 Å². The van der Waals surface area contributed by atoms with Crippen LogP contribution in [0.5, 0.6) is 0 Å². The van der Waals surface area contributed by atoms with Crippen LogP contribution in [0.3, 0.4) is 0 Å². The van der Waals surface area contributed by atoms with Gasteiger partial charge in [-0.05, 0) is 24.5 Å². The molecule has 6 heteroatoms. The van der Waals surface area contributed by atoms with E-state index in [0.717, 1.165) is 18.4 Å². The lowest BCUT2D eigenvalue weighted by molar-refractivity contribution is -0.121. The van der Waals surface area contributed by atoms with Crippen molar-refractivity contribution in [2.45, 2.75) is 52.0 Å². The number of nitrogens with one attached hydrogen (secondary N) is 2. The predicted octanol–water partition coefficient (Wildman–Crippen LogP) is 3.49. The molecule has 0 saturated carbocycles.